The topological polar surface area (TPSA) is 62.1 Å². The number of aromatic hydroxyl groups is 1. The van der Waals surface area contributed by atoms with Crippen molar-refractivity contribution in [2.75, 3.05) is 7.11 Å². The second-order valence-corrected chi connectivity index (χ2v) is 7.65. The van der Waals surface area contributed by atoms with Crippen molar-refractivity contribution in [1.29, 1.82) is 0 Å². The Hall–Kier alpha value is -3.31. The van der Waals surface area contributed by atoms with Crippen LogP contribution in [-0.2, 0) is 0 Å². The number of carbonyl (C=O) groups excluding carboxylic acids is 1. The molecule has 1 amide bonds. The standard InChI is InChI=1S/C24H21ClN2O3/c1-15-3-5-16(6-4-15)22-14-21(20-13-18(25)9-12-23(20)28)26-27(22)24(29)17-7-10-19(30-2)11-8-17/h3-13,22,28H,14H2,1-2H3/t22-/m1/s1. The van der Waals surface area contributed by atoms with E-state index in [4.69, 9.17) is 16.3 Å². The van der Waals surface area contributed by atoms with E-state index in [-0.39, 0.29) is 17.7 Å². The zero-order chi connectivity index (χ0) is 21.3. The first kappa shape index (κ1) is 20.0. The number of hydrogen-bond acceptors (Lipinski definition) is 4. The molecule has 0 aliphatic carbocycles. The monoisotopic (exact) mass is 420 g/mol. The lowest BCUT2D eigenvalue weighted by atomic mass is 9.97. The van der Waals surface area contributed by atoms with Crippen LogP contribution in [0, 0.1) is 6.92 Å². The quantitative estimate of drug-likeness (QED) is 0.618. The molecule has 1 atom stereocenters. The molecule has 1 aliphatic rings. The molecular weight excluding hydrogens is 400 g/mol. The number of hydrogen-bond donors (Lipinski definition) is 1. The van der Waals surface area contributed by atoms with Crippen LogP contribution in [0.2, 0.25) is 5.02 Å². The van der Waals surface area contributed by atoms with Crippen LogP contribution in [0.1, 0.15) is 39.5 Å². The predicted octanol–water partition coefficient (Wildman–Crippen LogP) is 5.35. The molecule has 1 aliphatic heterocycles. The van der Waals surface area contributed by atoms with Gasteiger partial charge in [-0.05, 0) is 55.0 Å². The summed E-state index contributed by atoms with van der Waals surface area (Å²) in [7, 11) is 1.58. The third kappa shape index (κ3) is 3.89. The van der Waals surface area contributed by atoms with E-state index in [1.807, 2.05) is 31.2 Å². The number of halogens is 1. The van der Waals surface area contributed by atoms with Crippen molar-refractivity contribution in [1.82, 2.24) is 5.01 Å². The number of methoxy groups -OCH3 is 1. The fraction of sp³-hybridized carbons (Fsp3) is 0.167. The van der Waals surface area contributed by atoms with E-state index in [0.29, 0.717) is 34.0 Å². The minimum atomic E-state index is -0.284. The van der Waals surface area contributed by atoms with Gasteiger partial charge in [-0.3, -0.25) is 4.79 Å². The molecule has 152 valence electrons. The summed E-state index contributed by atoms with van der Waals surface area (Å²) in [5.41, 5.74) is 3.77. The Kier molecular flexibility index (Phi) is 5.46. The lowest BCUT2D eigenvalue weighted by Crippen LogP contribution is -2.27. The maximum atomic E-state index is 13.3. The van der Waals surface area contributed by atoms with Crippen LogP contribution in [0.25, 0.3) is 0 Å². The third-order valence-electron chi connectivity index (χ3n) is 5.19. The molecule has 30 heavy (non-hydrogen) atoms. The van der Waals surface area contributed by atoms with Crippen LogP contribution in [0.3, 0.4) is 0 Å². The van der Waals surface area contributed by atoms with Gasteiger partial charge in [-0.25, -0.2) is 5.01 Å². The normalized spacial score (nSPS) is 15.8. The number of phenols is 1. The van der Waals surface area contributed by atoms with Crippen LogP contribution in [-0.4, -0.2) is 28.8 Å². The second kappa shape index (κ2) is 8.20. The molecule has 0 saturated heterocycles. The van der Waals surface area contributed by atoms with Gasteiger partial charge in [0.1, 0.15) is 11.5 Å². The zero-order valence-electron chi connectivity index (χ0n) is 16.7. The fourth-order valence-electron chi connectivity index (χ4n) is 3.51. The Balaban J connectivity index is 1.74. The maximum absolute atomic E-state index is 13.3. The maximum Gasteiger partial charge on any atom is 0.274 e. The third-order valence-corrected chi connectivity index (χ3v) is 5.42. The Morgan fingerprint density at radius 2 is 1.80 bits per heavy atom. The Labute approximate surface area is 180 Å². The van der Waals surface area contributed by atoms with Crippen molar-refractivity contribution in [3.63, 3.8) is 0 Å². The minimum Gasteiger partial charge on any atom is -0.507 e. The summed E-state index contributed by atoms with van der Waals surface area (Å²) in [6, 6.07) is 19.5. The Morgan fingerprint density at radius 3 is 2.47 bits per heavy atom. The molecular formula is C24H21ClN2O3. The summed E-state index contributed by atoms with van der Waals surface area (Å²) in [5.74, 6) is 0.537. The van der Waals surface area contributed by atoms with Crippen molar-refractivity contribution in [2.24, 2.45) is 5.10 Å². The molecule has 1 heterocycles. The van der Waals surface area contributed by atoms with Crippen LogP contribution < -0.4 is 4.74 Å². The molecule has 6 heteroatoms. The van der Waals surface area contributed by atoms with E-state index in [0.717, 1.165) is 11.1 Å². The molecule has 0 radical (unpaired) electrons. The van der Waals surface area contributed by atoms with Gasteiger partial charge >= 0.3 is 0 Å². The van der Waals surface area contributed by atoms with Gasteiger partial charge in [-0.15, -0.1) is 0 Å². The first-order chi connectivity index (χ1) is 14.5. The van der Waals surface area contributed by atoms with Gasteiger partial charge in [0, 0.05) is 22.6 Å². The number of amides is 1. The van der Waals surface area contributed by atoms with Gasteiger partial charge in [0.15, 0.2) is 0 Å². The average Bonchev–Trinajstić information content (AvgIpc) is 3.20. The number of ether oxygens (including phenoxy) is 1. The molecule has 0 fully saturated rings. The van der Waals surface area contributed by atoms with Gasteiger partial charge in [0.2, 0.25) is 0 Å². The molecule has 0 aromatic heterocycles. The summed E-state index contributed by atoms with van der Waals surface area (Å²) in [4.78, 5) is 13.3. The molecule has 5 nitrogen and oxygen atoms in total. The van der Waals surface area contributed by atoms with Crippen molar-refractivity contribution < 1.29 is 14.6 Å². The van der Waals surface area contributed by atoms with E-state index >= 15 is 0 Å². The highest BCUT2D eigenvalue weighted by Crippen LogP contribution is 2.36. The highest BCUT2D eigenvalue weighted by Gasteiger charge is 2.34. The Bertz CT molecular complexity index is 1110. The summed E-state index contributed by atoms with van der Waals surface area (Å²) in [6.45, 7) is 2.02. The van der Waals surface area contributed by atoms with E-state index < -0.39 is 0 Å². The molecule has 1 N–H and O–H groups in total. The largest absolute Gasteiger partial charge is 0.507 e. The number of carbonyl (C=O) groups is 1. The van der Waals surface area contributed by atoms with Gasteiger partial charge < -0.3 is 9.84 Å². The van der Waals surface area contributed by atoms with E-state index in [1.165, 1.54) is 11.1 Å². The summed E-state index contributed by atoms with van der Waals surface area (Å²) in [6.07, 6.45) is 0.471. The number of nitrogens with zero attached hydrogens (tertiary/aromatic N) is 2. The molecule has 0 spiro atoms. The van der Waals surface area contributed by atoms with Crippen molar-refractivity contribution >= 4 is 23.2 Å². The molecule has 0 bridgehead atoms. The van der Waals surface area contributed by atoms with Crippen molar-refractivity contribution in [3.05, 3.63) is 94.0 Å². The highest BCUT2D eigenvalue weighted by atomic mass is 35.5. The molecule has 0 saturated carbocycles. The summed E-state index contributed by atoms with van der Waals surface area (Å²) < 4.78 is 5.18. The smallest absolute Gasteiger partial charge is 0.274 e. The number of aryl methyl sites for hydroxylation is 1. The second-order valence-electron chi connectivity index (χ2n) is 7.22. The van der Waals surface area contributed by atoms with E-state index in [1.54, 1.807) is 43.5 Å². The molecule has 3 aromatic carbocycles. The lowest BCUT2D eigenvalue weighted by Gasteiger charge is -2.22. The van der Waals surface area contributed by atoms with Crippen LogP contribution in [0.5, 0.6) is 11.5 Å². The first-order valence-electron chi connectivity index (χ1n) is 9.57. The van der Waals surface area contributed by atoms with Crippen LogP contribution in [0.15, 0.2) is 71.8 Å². The van der Waals surface area contributed by atoms with E-state index in [9.17, 15) is 9.90 Å². The first-order valence-corrected chi connectivity index (χ1v) is 9.94. The number of rotatable bonds is 4. The SMILES string of the molecule is COc1ccc(C(=O)N2N=C(c3cc(Cl)ccc3O)C[C@@H]2c2ccc(C)cc2)cc1. The van der Waals surface area contributed by atoms with Gasteiger partial charge in [-0.2, -0.15) is 5.10 Å². The lowest BCUT2D eigenvalue weighted by molar-refractivity contribution is 0.0711. The molecule has 3 aromatic rings. The molecule has 4 rings (SSSR count). The van der Waals surface area contributed by atoms with Crippen LogP contribution >= 0.6 is 11.6 Å². The van der Waals surface area contributed by atoms with Crippen molar-refractivity contribution in [2.45, 2.75) is 19.4 Å². The Morgan fingerprint density at radius 1 is 1.10 bits per heavy atom. The predicted molar refractivity (Wildman–Crippen MR) is 117 cm³/mol. The number of benzene rings is 3. The summed E-state index contributed by atoms with van der Waals surface area (Å²) in [5, 5.41) is 16.9. The minimum absolute atomic E-state index is 0.0829. The van der Waals surface area contributed by atoms with Crippen LogP contribution in [0.4, 0.5) is 0 Å². The van der Waals surface area contributed by atoms with Gasteiger partial charge in [0.05, 0.1) is 18.9 Å². The zero-order valence-corrected chi connectivity index (χ0v) is 17.4. The average molecular weight is 421 g/mol. The van der Waals surface area contributed by atoms with Crippen molar-refractivity contribution in [3.8, 4) is 11.5 Å². The highest BCUT2D eigenvalue weighted by molar-refractivity contribution is 6.31. The number of hydrazone groups is 1. The van der Waals surface area contributed by atoms with Gasteiger partial charge in [-0.1, -0.05) is 41.4 Å². The molecule has 0 unspecified atom stereocenters. The van der Waals surface area contributed by atoms with Gasteiger partial charge in [0.25, 0.3) is 5.91 Å². The number of phenolic OH excluding ortho intramolecular Hbond substituents is 1. The summed E-state index contributed by atoms with van der Waals surface area (Å²) >= 11 is 6.13. The van der Waals surface area contributed by atoms with E-state index in [2.05, 4.69) is 5.10 Å². The fourth-order valence-corrected chi connectivity index (χ4v) is 3.69.